The predicted molar refractivity (Wildman–Crippen MR) is 100 cm³/mol. The zero-order chi connectivity index (χ0) is 17.9. The van der Waals surface area contributed by atoms with Crippen LogP contribution in [0.15, 0.2) is 59.1 Å². The third-order valence-electron chi connectivity index (χ3n) is 3.90. The van der Waals surface area contributed by atoms with Crippen LogP contribution in [-0.4, -0.2) is 42.6 Å². The van der Waals surface area contributed by atoms with E-state index in [-0.39, 0.29) is 12.5 Å². The van der Waals surface area contributed by atoms with Crippen LogP contribution in [0.2, 0.25) is 0 Å². The first-order chi connectivity index (χ1) is 11.9. The molecule has 0 atom stereocenters. The number of hydrogen-bond donors (Lipinski definition) is 1. The number of carbonyl (C=O) groups excluding carboxylic acids is 1. The molecule has 8 heteroatoms. The summed E-state index contributed by atoms with van der Waals surface area (Å²) in [6, 6.07) is 16.5. The summed E-state index contributed by atoms with van der Waals surface area (Å²) in [5.74, 6) is -0.354. The van der Waals surface area contributed by atoms with E-state index in [0.29, 0.717) is 25.3 Å². The Hall–Kier alpha value is -1.74. The van der Waals surface area contributed by atoms with Gasteiger partial charge in [0.25, 0.3) is 10.2 Å². The zero-order valence-electron chi connectivity index (χ0n) is 13.4. The molecule has 0 aromatic heterocycles. The molecule has 132 valence electrons. The van der Waals surface area contributed by atoms with Crippen molar-refractivity contribution in [2.75, 3.05) is 25.0 Å². The molecule has 0 radical (unpaired) electrons. The van der Waals surface area contributed by atoms with E-state index >= 15 is 0 Å². The van der Waals surface area contributed by atoms with E-state index in [0.717, 1.165) is 10.0 Å². The van der Waals surface area contributed by atoms with E-state index in [2.05, 4.69) is 21.2 Å². The quantitative estimate of drug-likeness (QED) is 0.802. The van der Waals surface area contributed by atoms with Crippen LogP contribution >= 0.6 is 15.9 Å². The number of nitrogens with zero attached hydrogens (tertiary/aromatic N) is 2. The number of benzene rings is 2. The first-order valence-corrected chi connectivity index (χ1v) is 9.99. The molecule has 1 N–H and O–H groups in total. The molecular weight excluding hydrogens is 406 g/mol. The van der Waals surface area contributed by atoms with Gasteiger partial charge >= 0.3 is 0 Å². The van der Waals surface area contributed by atoms with Crippen LogP contribution in [0.1, 0.15) is 5.56 Å². The second kappa shape index (κ2) is 7.65. The van der Waals surface area contributed by atoms with Crippen LogP contribution in [0, 0.1) is 0 Å². The molecule has 0 bridgehead atoms. The second-order valence-electron chi connectivity index (χ2n) is 5.72. The minimum atomic E-state index is -3.62. The molecule has 1 aliphatic rings. The Labute approximate surface area is 155 Å². The first-order valence-electron chi connectivity index (χ1n) is 7.80. The largest absolute Gasteiger partial charge is 0.325 e. The molecule has 0 aliphatic carbocycles. The first kappa shape index (κ1) is 18.1. The highest BCUT2D eigenvalue weighted by molar-refractivity contribution is 9.10. The molecule has 1 aliphatic heterocycles. The topological polar surface area (TPSA) is 69.7 Å². The summed E-state index contributed by atoms with van der Waals surface area (Å²) in [5.41, 5.74) is 1.55. The van der Waals surface area contributed by atoms with E-state index in [4.69, 9.17) is 0 Å². The van der Waals surface area contributed by atoms with Crippen molar-refractivity contribution < 1.29 is 13.2 Å². The summed E-state index contributed by atoms with van der Waals surface area (Å²) >= 11 is 3.33. The van der Waals surface area contributed by atoms with Gasteiger partial charge in [0.05, 0.1) is 6.54 Å². The number of rotatable bonds is 5. The minimum Gasteiger partial charge on any atom is -0.325 e. The van der Waals surface area contributed by atoms with Gasteiger partial charge in [-0.05, 0) is 29.8 Å². The number of hydrogen-bond acceptors (Lipinski definition) is 3. The van der Waals surface area contributed by atoms with E-state index in [9.17, 15) is 13.2 Å². The Morgan fingerprint density at radius 1 is 1.00 bits per heavy atom. The minimum absolute atomic E-state index is 0.191. The number of carbonyl (C=O) groups is 1. The smallest absolute Gasteiger partial charge is 0.282 e. The van der Waals surface area contributed by atoms with Crippen molar-refractivity contribution in [3.8, 4) is 0 Å². The van der Waals surface area contributed by atoms with Crippen molar-refractivity contribution in [1.82, 2.24) is 8.61 Å². The number of amides is 1. The van der Waals surface area contributed by atoms with Gasteiger partial charge in [-0.3, -0.25) is 4.79 Å². The van der Waals surface area contributed by atoms with E-state index in [1.807, 2.05) is 42.5 Å². The maximum absolute atomic E-state index is 12.6. The van der Waals surface area contributed by atoms with Gasteiger partial charge in [-0.25, -0.2) is 0 Å². The SMILES string of the molecule is O=C(CN1CCN(Cc2ccccc2)S1(=O)=O)Nc1ccc(Br)cc1. The molecule has 1 fully saturated rings. The van der Waals surface area contributed by atoms with Gasteiger partial charge < -0.3 is 5.32 Å². The fourth-order valence-corrected chi connectivity index (χ4v) is 4.43. The molecular formula is C17H18BrN3O3S. The highest BCUT2D eigenvalue weighted by atomic mass is 79.9. The van der Waals surface area contributed by atoms with Crippen molar-refractivity contribution in [2.45, 2.75) is 6.54 Å². The van der Waals surface area contributed by atoms with Crippen LogP contribution in [0.25, 0.3) is 0 Å². The maximum Gasteiger partial charge on any atom is 0.282 e. The van der Waals surface area contributed by atoms with Crippen molar-refractivity contribution in [1.29, 1.82) is 0 Å². The number of halogens is 1. The standard InChI is InChI=1S/C17H18BrN3O3S/c18-15-6-8-16(9-7-15)19-17(22)13-21-11-10-20(25(21,23)24)12-14-4-2-1-3-5-14/h1-9H,10-13H2,(H,19,22). The van der Waals surface area contributed by atoms with Crippen LogP contribution in [0.5, 0.6) is 0 Å². The lowest BCUT2D eigenvalue weighted by Gasteiger charge is -2.18. The summed E-state index contributed by atoms with van der Waals surface area (Å²) in [4.78, 5) is 12.2. The van der Waals surface area contributed by atoms with Gasteiger partial charge in [0.15, 0.2) is 0 Å². The number of anilines is 1. The zero-order valence-corrected chi connectivity index (χ0v) is 15.8. The molecule has 1 amide bonds. The van der Waals surface area contributed by atoms with Crippen molar-refractivity contribution >= 4 is 37.7 Å². The monoisotopic (exact) mass is 423 g/mol. The maximum atomic E-state index is 12.6. The molecule has 1 heterocycles. The van der Waals surface area contributed by atoms with Crippen LogP contribution in [-0.2, 0) is 21.5 Å². The Morgan fingerprint density at radius 3 is 2.32 bits per heavy atom. The fraction of sp³-hybridized carbons (Fsp3) is 0.235. The molecule has 0 saturated carbocycles. The Bertz CT molecular complexity index is 841. The average molecular weight is 424 g/mol. The summed E-state index contributed by atoms with van der Waals surface area (Å²) < 4.78 is 28.7. The molecule has 25 heavy (non-hydrogen) atoms. The fourth-order valence-electron chi connectivity index (χ4n) is 2.62. The summed E-state index contributed by atoms with van der Waals surface area (Å²) in [6.07, 6.45) is 0. The molecule has 2 aromatic rings. The van der Waals surface area contributed by atoms with Gasteiger partial charge in [0, 0.05) is 29.8 Å². The molecule has 3 rings (SSSR count). The van der Waals surface area contributed by atoms with Gasteiger partial charge in [0.1, 0.15) is 0 Å². The molecule has 2 aromatic carbocycles. The lowest BCUT2D eigenvalue weighted by Crippen LogP contribution is -2.37. The third kappa shape index (κ3) is 4.46. The van der Waals surface area contributed by atoms with Crippen LogP contribution in [0.4, 0.5) is 5.69 Å². The van der Waals surface area contributed by atoms with Gasteiger partial charge in [-0.15, -0.1) is 0 Å². The summed E-state index contributed by atoms with van der Waals surface area (Å²) in [7, 11) is -3.62. The number of nitrogens with one attached hydrogen (secondary N) is 1. The Morgan fingerprint density at radius 2 is 1.64 bits per heavy atom. The van der Waals surface area contributed by atoms with Gasteiger partial charge in [0.2, 0.25) is 5.91 Å². The van der Waals surface area contributed by atoms with Gasteiger partial charge in [-0.2, -0.15) is 17.0 Å². The molecule has 1 saturated heterocycles. The predicted octanol–water partition coefficient (Wildman–Crippen LogP) is 2.45. The molecule has 6 nitrogen and oxygen atoms in total. The van der Waals surface area contributed by atoms with E-state index < -0.39 is 10.2 Å². The third-order valence-corrected chi connectivity index (χ3v) is 6.36. The Kier molecular flexibility index (Phi) is 5.53. The second-order valence-corrected chi connectivity index (χ2v) is 8.56. The van der Waals surface area contributed by atoms with Crippen LogP contribution < -0.4 is 5.32 Å². The van der Waals surface area contributed by atoms with Crippen molar-refractivity contribution in [3.05, 3.63) is 64.6 Å². The normalized spacial score (nSPS) is 17.5. The summed E-state index contributed by atoms with van der Waals surface area (Å²) in [6.45, 7) is 0.809. The Balaban J connectivity index is 1.61. The lowest BCUT2D eigenvalue weighted by atomic mass is 10.2. The van der Waals surface area contributed by atoms with Crippen molar-refractivity contribution in [2.24, 2.45) is 0 Å². The average Bonchev–Trinajstić information content (AvgIpc) is 2.85. The highest BCUT2D eigenvalue weighted by Gasteiger charge is 2.37. The van der Waals surface area contributed by atoms with Crippen molar-refractivity contribution in [3.63, 3.8) is 0 Å². The van der Waals surface area contributed by atoms with Crippen LogP contribution in [0.3, 0.4) is 0 Å². The lowest BCUT2D eigenvalue weighted by molar-refractivity contribution is -0.116. The van der Waals surface area contributed by atoms with E-state index in [1.54, 1.807) is 12.1 Å². The molecule has 0 unspecified atom stereocenters. The van der Waals surface area contributed by atoms with Gasteiger partial charge in [-0.1, -0.05) is 46.3 Å². The highest BCUT2D eigenvalue weighted by Crippen LogP contribution is 2.20. The van der Waals surface area contributed by atoms with E-state index in [1.165, 1.54) is 8.61 Å². The summed E-state index contributed by atoms with van der Waals surface area (Å²) in [5, 5.41) is 2.71. The molecule has 0 spiro atoms.